The van der Waals surface area contributed by atoms with Gasteiger partial charge in [-0.3, -0.25) is 4.68 Å². The zero-order valence-electron chi connectivity index (χ0n) is 9.46. The minimum Gasteiger partial charge on any atom is -0.396 e. The van der Waals surface area contributed by atoms with E-state index in [1.165, 1.54) is 0 Å². The predicted molar refractivity (Wildman–Crippen MR) is 64.8 cm³/mol. The Morgan fingerprint density at radius 2 is 2.41 bits per heavy atom. The van der Waals surface area contributed by atoms with E-state index in [1.807, 2.05) is 0 Å². The van der Waals surface area contributed by atoms with Gasteiger partial charge >= 0.3 is 6.03 Å². The molecule has 2 rings (SSSR count). The number of hydrogen-bond acceptors (Lipinski definition) is 4. The van der Waals surface area contributed by atoms with Gasteiger partial charge in [-0.25, -0.2) is 4.79 Å². The summed E-state index contributed by atoms with van der Waals surface area (Å²) >= 11 is 0. The SMILES string of the molecule is Cl.Cn1cc(N)c(C2CNC(=O)N2CCO)n1. The smallest absolute Gasteiger partial charge is 0.318 e. The Morgan fingerprint density at radius 3 is 2.94 bits per heavy atom. The molecule has 0 aliphatic carbocycles. The van der Waals surface area contributed by atoms with Crippen LogP contribution in [0.1, 0.15) is 11.7 Å². The number of nitrogens with two attached hydrogens (primary N) is 1. The summed E-state index contributed by atoms with van der Waals surface area (Å²) in [5, 5.41) is 15.9. The van der Waals surface area contributed by atoms with Crippen LogP contribution < -0.4 is 11.1 Å². The van der Waals surface area contributed by atoms with Crippen molar-refractivity contribution in [2.75, 3.05) is 25.4 Å². The maximum Gasteiger partial charge on any atom is 0.318 e. The van der Waals surface area contributed by atoms with Crippen LogP contribution in [0.25, 0.3) is 0 Å². The van der Waals surface area contributed by atoms with Crippen LogP contribution in [0.3, 0.4) is 0 Å². The highest BCUT2D eigenvalue weighted by Crippen LogP contribution is 2.26. The number of aliphatic hydroxyl groups is 1. The molecule has 0 bridgehead atoms. The third-order valence-corrected chi connectivity index (χ3v) is 2.63. The highest BCUT2D eigenvalue weighted by Gasteiger charge is 2.34. The van der Waals surface area contributed by atoms with E-state index >= 15 is 0 Å². The van der Waals surface area contributed by atoms with E-state index in [0.717, 1.165) is 0 Å². The third-order valence-electron chi connectivity index (χ3n) is 2.63. The van der Waals surface area contributed by atoms with Gasteiger partial charge in [-0.05, 0) is 0 Å². The normalized spacial score (nSPS) is 19.1. The van der Waals surface area contributed by atoms with Gasteiger partial charge in [-0.15, -0.1) is 12.4 Å². The number of anilines is 1. The molecule has 1 saturated heterocycles. The second kappa shape index (κ2) is 5.24. The number of nitrogen functional groups attached to an aromatic ring is 1. The van der Waals surface area contributed by atoms with Crippen LogP contribution in [0.15, 0.2) is 6.20 Å². The molecule has 2 heterocycles. The Bertz CT molecular complexity index is 408. The van der Waals surface area contributed by atoms with Crippen molar-refractivity contribution in [3.8, 4) is 0 Å². The molecule has 17 heavy (non-hydrogen) atoms. The molecule has 0 saturated carbocycles. The molecule has 0 spiro atoms. The first-order valence-electron chi connectivity index (χ1n) is 5.08. The number of aliphatic hydroxyl groups excluding tert-OH is 1. The molecular weight excluding hydrogens is 246 g/mol. The number of nitrogens with one attached hydrogen (secondary N) is 1. The van der Waals surface area contributed by atoms with E-state index in [4.69, 9.17) is 10.8 Å². The quantitative estimate of drug-likeness (QED) is 0.682. The van der Waals surface area contributed by atoms with E-state index in [9.17, 15) is 4.79 Å². The number of rotatable bonds is 3. The summed E-state index contributed by atoms with van der Waals surface area (Å²) in [6.45, 7) is 0.684. The van der Waals surface area contributed by atoms with Crippen LogP contribution in [0.5, 0.6) is 0 Å². The molecule has 2 amide bonds. The number of halogens is 1. The van der Waals surface area contributed by atoms with Crippen LogP contribution in [-0.2, 0) is 7.05 Å². The van der Waals surface area contributed by atoms with Gasteiger partial charge in [0.15, 0.2) is 0 Å². The van der Waals surface area contributed by atoms with E-state index in [1.54, 1.807) is 22.8 Å². The molecule has 0 aromatic carbocycles. The molecule has 0 radical (unpaired) electrons. The molecule has 96 valence electrons. The largest absolute Gasteiger partial charge is 0.396 e. The monoisotopic (exact) mass is 261 g/mol. The standard InChI is InChI=1S/C9H15N5O2.ClH/c1-13-5-6(10)8(12-13)7-4-11-9(16)14(7)2-3-15;/h5,7,15H,2-4,10H2,1H3,(H,11,16);1H. The number of urea groups is 1. The lowest BCUT2D eigenvalue weighted by Gasteiger charge is -2.20. The van der Waals surface area contributed by atoms with Gasteiger partial charge < -0.3 is 21.1 Å². The zero-order chi connectivity index (χ0) is 11.7. The lowest BCUT2D eigenvalue weighted by atomic mass is 10.2. The van der Waals surface area contributed by atoms with Crippen molar-refractivity contribution in [3.63, 3.8) is 0 Å². The maximum absolute atomic E-state index is 11.5. The van der Waals surface area contributed by atoms with Gasteiger partial charge in [-0.2, -0.15) is 5.10 Å². The third kappa shape index (κ3) is 2.45. The molecular formula is C9H16ClN5O2. The van der Waals surface area contributed by atoms with Crippen LogP contribution in [0.4, 0.5) is 10.5 Å². The minimum absolute atomic E-state index is 0. The van der Waals surface area contributed by atoms with Crippen molar-refractivity contribution >= 4 is 24.1 Å². The number of β-amino-alcohol motifs (C(OH)–C–C–N with tert-alkyl or cyclic N) is 1. The number of hydrogen-bond donors (Lipinski definition) is 3. The number of amides is 2. The van der Waals surface area contributed by atoms with E-state index < -0.39 is 0 Å². The van der Waals surface area contributed by atoms with E-state index in [-0.39, 0.29) is 37.6 Å². The molecule has 1 unspecified atom stereocenters. The fraction of sp³-hybridized carbons (Fsp3) is 0.556. The van der Waals surface area contributed by atoms with E-state index in [0.29, 0.717) is 17.9 Å². The van der Waals surface area contributed by atoms with Gasteiger partial charge in [0.1, 0.15) is 5.69 Å². The fourth-order valence-electron chi connectivity index (χ4n) is 1.93. The predicted octanol–water partition coefficient (Wildman–Crippen LogP) is -0.517. The lowest BCUT2D eigenvalue weighted by Crippen LogP contribution is -2.32. The average molecular weight is 262 g/mol. The first-order chi connectivity index (χ1) is 7.63. The average Bonchev–Trinajstić information content (AvgIpc) is 2.73. The number of nitrogens with zero attached hydrogens (tertiary/aromatic N) is 3. The zero-order valence-corrected chi connectivity index (χ0v) is 10.3. The molecule has 1 atom stereocenters. The number of aromatic nitrogens is 2. The molecule has 8 heteroatoms. The van der Waals surface area contributed by atoms with Gasteiger partial charge in [0.05, 0.1) is 18.3 Å². The molecule has 1 aromatic heterocycles. The van der Waals surface area contributed by atoms with Crippen LogP contribution in [0, 0.1) is 0 Å². The summed E-state index contributed by atoms with van der Waals surface area (Å²) in [5.41, 5.74) is 7.05. The van der Waals surface area contributed by atoms with Crippen LogP contribution >= 0.6 is 12.4 Å². The number of carbonyl (C=O) groups excluding carboxylic acids is 1. The summed E-state index contributed by atoms with van der Waals surface area (Å²) in [4.78, 5) is 13.0. The van der Waals surface area contributed by atoms with Gasteiger partial charge in [0.25, 0.3) is 0 Å². The van der Waals surface area contributed by atoms with Gasteiger partial charge in [-0.1, -0.05) is 0 Å². The summed E-state index contributed by atoms with van der Waals surface area (Å²) in [7, 11) is 1.78. The van der Waals surface area contributed by atoms with Gasteiger partial charge in [0, 0.05) is 26.3 Å². The Kier molecular flexibility index (Phi) is 4.19. The molecule has 4 N–H and O–H groups in total. The first kappa shape index (κ1) is 13.6. The Hall–Kier alpha value is -1.47. The molecule has 1 aromatic rings. The van der Waals surface area contributed by atoms with Crippen LogP contribution in [-0.4, -0.2) is 45.5 Å². The first-order valence-corrected chi connectivity index (χ1v) is 5.08. The fourth-order valence-corrected chi connectivity index (χ4v) is 1.93. The second-order valence-corrected chi connectivity index (χ2v) is 3.76. The summed E-state index contributed by atoms with van der Waals surface area (Å²) < 4.78 is 1.62. The maximum atomic E-state index is 11.5. The molecule has 1 aliphatic rings. The van der Waals surface area contributed by atoms with E-state index in [2.05, 4.69) is 10.4 Å². The Balaban J connectivity index is 0.00000144. The highest BCUT2D eigenvalue weighted by atomic mass is 35.5. The number of carbonyl (C=O) groups is 1. The minimum atomic E-state index is -0.194. The molecule has 1 fully saturated rings. The molecule has 7 nitrogen and oxygen atoms in total. The van der Waals surface area contributed by atoms with Crippen molar-refractivity contribution in [3.05, 3.63) is 11.9 Å². The highest BCUT2D eigenvalue weighted by molar-refractivity contribution is 5.85. The lowest BCUT2D eigenvalue weighted by molar-refractivity contribution is 0.178. The molecule has 1 aliphatic heterocycles. The van der Waals surface area contributed by atoms with Crippen molar-refractivity contribution in [1.82, 2.24) is 20.0 Å². The van der Waals surface area contributed by atoms with Crippen molar-refractivity contribution in [2.24, 2.45) is 7.05 Å². The number of aryl methyl sites for hydroxylation is 1. The van der Waals surface area contributed by atoms with Crippen molar-refractivity contribution in [1.29, 1.82) is 0 Å². The van der Waals surface area contributed by atoms with Crippen molar-refractivity contribution in [2.45, 2.75) is 6.04 Å². The Morgan fingerprint density at radius 1 is 1.71 bits per heavy atom. The van der Waals surface area contributed by atoms with Crippen molar-refractivity contribution < 1.29 is 9.90 Å². The van der Waals surface area contributed by atoms with Crippen LogP contribution in [0.2, 0.25) is 0 Å². The summed E-state index contributed by atoms with van der Waals surface area (Å²) in [6.07, 6.45) is 1.70. The topological polar surface area (TPSA) is 96.4 Å². The summed E-state index contributed by atoms with van der Waals surface area (Å²) in [6, 6.07) is -0.384. The second-order valence-electron chi connectivity index (χ2n) is 3.76. The summed E-state index contributed by atoms with van der Waals surface area (Å²) in [5.74, 6) is 0. The van der Waals surface area contributed by atoms with Gasteiger partial charge in [0.2, 0.25) is 0 Å². The Labute approximate surface area is 105 Å².